The first kappa shape index (κ1) is 28.3. The number of nitrogens with two attached hydrogens (primary N) is 1. The van der Waals surface area contributed by atoms with Crippen molar-refractivity contribution in [2.75, 3.05) is 14.1 Å². The van der Waals surface area contributed by atoms with Crippen LogP contribution in [0.4, 0.5) is 0 Å². The molecule has 1 aromatic carbocycles. The standard InChI is InChI=1S/C28H34N2O9/c1-5-6-7-11-15(32)39-24-16-12(2)13-9-8-10-14(31)17(13)22(33)18(16)25(35)28(38)20(24)21(30(3)4)23(34)19(26(28)36)27(29)37/h8-10,12,16,20-21,24,31,34-35,38H,5-7,11H2,1-4H3,(H2,29,37)/t12-,16+,20+,21+,24+,28+/m1/s1. The highest BCUT2D eigenvalue weighted by atomic mass is 16.5. The number of aromatic hydroxyl groups is 1. The van der Waals surface area contributed by atoms with Gasteiger partial charge >= 0.3 is 5.97 Å². The van der Waals surface area contributed by atoms with Crippen molar-refractivity contribution in [2.24, 2.45) is 17.6 Å². The third-order valence-electron chi connectivity index (χ3n) is 8.22. The number of hydrogen-bond donors (Lipinski definition) is 5. The van der Waals surface area contributed by atoms with Crippen molar-refractivity contribution in [3.63, 3.8) is 0 Å². The highest BCUT2D eigenvalue weighted by Gasteiger charge is 2.68. The van der Waals surface area contributed by atoms with E-state index in [4.69, 9.17) is 10.5 Å². The molecule has 11 nitrogen and oxygen atoms in total. The van der Waals surface area contributed by atoms with Gasteiger partial charge < -0.3 is 30.9 Å². The summed E-state index contributed by atoms with van der Waals surface area (Å²) in [7, 11) is 3.02. The molecule has 3 aliphatic rings. The van der Waals surface area contributed by atoms with Crippen LogP contribution in [0.1, 0.15) is 61.4 Å². The molecule has 0 unspecified atom stereocenters. The van der Waals surface area contributed by atoms with Gasteiger partial charge in [-0.3, -0.25) is 24.1 Å². The van der Waals surface area contributed by atoms with Crippen LogP contribution in [0.3, 0.4) is 0 Å². The molecule has 11 heteroatoms. The molecule has 6 atom stereocenters. The van der Waals surface area contributed by atoms with Crippen LogP contribution in [-0.2, 0) is 19.1 Å². The summed E-state index contributed by atoms with van der Waals surface area (Å²) in [6.07, 6.45) is 0.766. The van der Waals surface area contributed by atoms with E-state index in [0.717, 1.165) is 12.8 Å². The minimum atomic E-state index is -2.94. The van der Waals surface area contributed by atoms with Crippen molar-refractivity contribution in [1.29, 1.82) is 0 Å². The van der Waals surface area contributed by atoms with E-state index in [-0.39, 0.29) is 17.7 Å². The Morgan fingerprint density at radius 2 is 1.79 bits per heavy atom. The third-order valence-corrected chi connectivity index (χ3v) is 8.22. The number of Topliss-reactive ketones (excluding diaryl/α,β-unsaturated/α-hetero) is 2. The number of nitrogens with zero attached hydrogens (tertiary/aromatic N) is 1. The van der Waals surface area contributed by atoms with Gasteiger partial charge in [0.05, 0.1) is 17.5 Å². The van der Waals surface area contributed by atoms with Crippen LogP contribution in [-0.4, -0.2) is 80.6 Å². The van der Waals surface area contributed by atoms with Crippen molar-refractivity contribution in [3.8, 4) is 5.75 Å². The number of amides is 1. The zero-order valence-corrected chi connectivity index (χ0v) is 22.3. The molecule has 3 aliphatic carbocycles. The minimum Gasteiger partial charge on any atom is -0.510 e. The molecule has 0 heterocycles. The average molecular weight is 543 g/mol. The lowest BCUT2D eigenvalue weighted by Gasteiger charge is -2.54. The first-order valence-electron chi connectivity index (χ1n) is 13.0. The molecule has 0 saturated heterocycles. The zero-order chi connectivity index (χ0) is 29.0. The minimum absolute atomic E-state index is 0.0296. The number of ether oxygens (including phenoxy) is 1. The molecular formula is C28H34N2O9. The average Bonchev–Trinajstić information content (AvgIpc) is 2.85. The molecule has 0 saturated carbocycles. The molecule has 0 aromatic heterocycles. The van der Waals surface area contributed by atoms with Crippen molar-refractivity contribution in [3.05, 3.63) is 52.0 Å². The van der Waals surface area contributed by atoms with Crippen molar-refractivity contribution >= 4 is 23.4 Å². The highest BCUT2D eigenvalue weighted by molar-refractivity contribution is 6.25. The summed E-state index contributed by atoms with van der Waals surface area (Å²) in [5, 5.41) is 45.1. The number of benzene rings is 1. The lowest BCUT2D eigenvalue weighted by atomic mass is 9.55. The maximum atomic E-state index is 13.8. The van der Waals surface area contributed by atoms with Crippen LogP contribution in [0.25, 0.3) is 0 Å². The molecular weight excluding hydrogens is 508 g/mol. The summed E-state index contributed by atoms with van der Waals surface area (Å²) >= 11 is 0. The quantitative estimate of drug-likeness (QED) is 0.193. The normalized spacial score (nSPS) is 30.2. The van der Waals surface area contributed by atoms with E-state index in [1.807, 2.05) is 6.92 Å². The number of aliphatic hydroxyl groups is 3. The second-order valence-electron chi connectivity index (χ2n) is 10.7. The summed E-state index contributed by atoms with van der Waals surface area (Å²) in [5.74, 6) is -9.56. The zero-order valence-electron chi connectivity index (χ0n) is 22.3. The second kappa shape index (κ2) is 10.1. The van der Waals surface area contributed by atoms with E-state index in [1.54, 1.807) is 19.1 Å². The molecule has 39 heavy (non-hydrogen) atoms. The molecule has 210 valence electrons. The van der Waals surface area contributed by atoms with Crippen molar-refractivity contribution in [2.45, 2.75) is 63.2 Å². The predicted molar refractivity (Wildman–Crippen MR) is 138 cm³/mol. The molecule has 0 aliphatic heterocycles. The number of aliphatic hydroxyl groups excluding tert-OH is 2. The largest absolute Gasteiger partial charge is 0.510 e. The Bertz CT molecular complexity index is 1310. The number of phenols is 1. The fraction of sp³-hybridized carbons (Fsp3) is 0.500. The van der Waals surface area contributed by atoms with Crippen LogP contribution < -0.4 is 5.73 Å². The number of primary amides is 1. The van der Waals surface area contributed by atoms with E-state index in [0.29, 0.717) is 12.0 Å². The number of fused-ring (bicyclic) bond motifs is 3. The Hall–Kier alpha value is -3.70. The van der Waals surface area contributed by atoms with Crippen molar-refractivity contribution in [1.82, 2.24) is 4.90 Å². The Balaban J connectivity index is 2.02. The number of esters is 1. The van der Waals surface area contributed by atoms with Gasteiger partial charge in [0.15, 0.2) is 11.4 Å². The number of ketones is 2. The molecule has 0 bridgehead atoms. The number of carbonyl (C=O) groups excluding carboxylic acids is 4. The first-order chi connectivity index (χ1) is 18.3. The lowest BCUT2D eigenvalue weighted by molar-refractivity contribution is -0.181. The van der Waals surface area contributed by atoms with Gasteiger partial charge in [-0.1, -0.05) is 38.8 Å². The van der Waals surface area contributed by atoms with E-state index >= 15 is 0 Å². The fourth-order valence-electron chi connectivity index (χ4n) is 6.42. The van der Waals surface area contributed by atoms with Crippen LogP contribution in [0.2, 0.25) is 0 Å². The Kier molecular flexibility index (Phi) is 7.35. The number of phenolic OH excluding ortho intramolecular Hbond substituents is 1. The SMILES string of the molecule is CCCCCC(=O)O[C@H]1[C@@H]2C(=C(O)[C@]3(O)C(=O)C(C(N)=O)=C(O)[C@@H](N(C)C)[C@@H]13)C(=O)c1c(O)cccc1[C@H]2C. The molecule has 1 aromatic rings. The lowest BCUT2D eigenvalue weighted by Crippen LogP contribution is -2.69. The highest BCUT2D eigenvalue weighted by Crippen LogP contribution is 2.56. The van der Waals surface area contributed by atoms with Gasteiger partial charge in [-0.15, -0.1) is 0 Å². The Morgan fingerprint density at radius 3 is 2.38 bits per heavy atom. The fourth-order valence-corrected chi connectivity index (χ4v) is 6.42. The third kappa shape index (κ3) is 4.11. The van der Waals surface area contributed by atoms with Crippen LogP contribution in [0.15, 0.2) is 40.9 Å². The van der Waals surface area contributed by atoms with Gasteiger partial charge in [0.25, 0.3) is 5.91 Å². The van der Waals surface area contributed by atoms with Gasteiger partial charge in [-0.05, 0) is 38.1 Å². The van der Waals surface area contributed by atoms with Gasteiger partial charge in [0.1, 0.15) is 28.9 Å². The van der Waals surface area contributed by atoms with Crippen LogP contribution >= 0.6 is 0 Å². The smallest absolute Gasteiger partial charge is 0.306 e. The summed E-state index contributed by atoms with van der Waals surface area (Å²) in [6.45, 7) is 3.68. The van der Waals surface area contributed by atoms with Gasteiger partial charge in [0.2, 0.25) is 5.78 Å². The Labute approximate surface area is 225 Å². The van der Waals surface area contributed by atoms with Gasteiger partial charge in [-0.25, -0.2) is 0 Å². The summed E-state index contributed by atoms with van der Waals surface area (Å²) in [4.78, 5) is 54.2. The summed E-state index contributed by atoms with van der Waals surface area (Å²) in [5.41, 5.74) is 1.44. The summed E-state index contributed by atoms with van der Waals surface area (Å²) < 4.78 is 5.94. The van der Waals surface area contributed by atoms with E-state index in [9.17, 15) is 39.6 Å². The topological polar surface area (TPSA) is 188 Å². The maximum Gasteiger partial charge on any atom is 0.306 e. The van der Waals surface area contributed by atoms with Gasteiger partial charge in [0, 0.05) is 17.9 Å². The molecule has 0 fully saturated rings. The monoisotopic (exact) mass is 542 g/mol. The number of rotatable bonds is 7. The Morgan fingerprint density at radius 1 is 1.13 bits per heavy atom. The summed E-state index contributed by atoms with van der Waals surface area (Å²) in [6, 6.07) is 3.18. The number of unbranched alkanes of at least 4 members (excludes halogenated alkanes) is 2. The number of likely N-dealkylation sites (N-methyl/N-ethyl adjacent to an activating group) is 1. The van der Waals surface area contributed by atoms with E-state index in [2.05, 4.69) is 0 Å². The van der Waals surface area contributed by atoms with Crippen LogP contribution in [0, 0.1) is 11.8 Å². The van der Waals surface area contributed by atoms with Crippen LogP contribution in [0.5, 0.6) is 5.75 Å². The molecule has 0 spiro atoms. The van der Waals surface area contributed by atoms with E-state index in [1.165, 1.54) is 25.1 Å². The molecule has 0 radical (unpaired) electrons. The number of carbonyl (C=O) groups is 4. The second-order valence-corrected chi connectivity index (χ2v) is 10.7. The number of hydrogen-bond acceptors (Lipinski definition) is 10. The van der Waals surface area contributed by atoms with E-state index < -0.39 is 81.6 Å². The molecule has 4 rings (SSSR count). The molecule has 6 N–H and O–H groups in total. The maximum absolute atomic E-state index is 13.8. The molecule has 1 amide bonds. The van der Waals surface area contributed by atoms with Crippen molar-refractivity contribution < 1.29 is 44.3 Å². The van der Waals surface area contributed by atoms with Gasteiger partial charge in [-0.2, -0.15) is 0 Å². The predicted octanol–water partition coefficient (Wildman–Crippen LogP) is 1.78. The first-order valence-corrected chi connectivity index (χ1v) is 13.0.